The number of methoxy groups -OCH3 is 1. The van der Waals surface area contributed by atoms with Crippen LogP contribution >= 0.6 is 0 Å². The van der Waals surface area contributed by atoms with Gasteiger partial charge in [-0.15, -0.1) is 0 Å². The van der Waals surface area contributed by atoms with Crippen molar-refractivity contribution in [1.29, 1.82) is 0 Å². The molecule has 0 spiro atoms. The van der Waals surface area contributed by atoms with Crippen LogP contribution in [0, 0.1) is 0 Å². The zero-order valence-electron chi connectivity index (χ0n) is 23.9. The molecule has 0 saturated heterocycles. The van der Waals surface area contributed by atoms with E-state index in [0.29, 0.717) is 28.6 Å². The van der Waals surface area contributed by atoms with Crippen LogP contribution in [0.3, 0.4) is 0 Å². The lowest BCUT2D eigenvalue weighted by Crippen LogP contribution is -2.34. The van der Waals surface area contributed by atoms with Gasteiger partial charge in [0.05, 0.1) is 29.9 Å². The van der Waals surface area contributed by atoms with E-state index in [1.54, 1.807) is 68.4 Å². The predicted molar refractivity (Wildman–Crippen MR) is 157 cm³/mol. The van der Waals surface area contributed by atoms with Crippen LogP contribution in [0.5, 0.6) is 0 Å². The minimum Gasteiger partial charge on any atom is -0.463 e. The van der Waals surface area contributed by atoms with Gasteiger partial charge in [-0.05, 0) is 45.1 Å². The molecule has 3 aromatic rings. The van der Waals surface area contributed by atoms with Crippen molar-refractivity contribution in [3.63, 3.8) is 0 Å². The molecule has 2 aliphatic rings. The zero-order valence-corrected chi connectivity index (χ0v) is 23.9. The Morgan fingerprint density at radius 1 is 1.20 bits per heavy atom. The molecule has 5 rings (SSSR count). The second-order valence-electron chi connectivity index (χ2n) is 10.5. The van der Waals surface area contributed by atoms with Crippen LogP contribution in [0.15, 0.2) is 65.2 Å². The number of ether oxygens (including phenoxy) is 2. The Hall–Kier alpha value is -4.87. The number of allylic oxidation sites excluding steroid dienone is 2. The lowest BCUT2D eigenvalue weighted by Gasteiger charge is -2.28. The van der Waals surface area contributed by atoms with E-state index in [9.17, 15) is 9.59 Å². The van der Waals surface area contributed by atoms with E-state index in [2.05, 4.69) is 27.0 Å². The first-order chi connectivity index (χ1) is 19.5. The lowest BCUT2D eigenvalue weighted by atomic mass is 10.0. The third-order valence-electron chi connectivity index (χ3n) is 6.22. The molecule has 0 bridgehead atoms. The molecule has 4 heterocycles. The monoisotopic (exact) mass is 561 g/mol. The molecule has 0 atom stereocenters. The van der Waals surface area contributed by atoms with E-state index in [-0.39, 0.29) is 22.6 Å². The van der Waals surface area contributed by atoms with Gasteiger partial charge in [0.2, 0.25) is 0 Å². The summed E-state index contributed by atoms with van der Waals surface area (Å²) >= 11 is 0. The molecular formula is C29H35N7O5. The number of nitrogens with zero attached hydrogens (tertiary/aromatic N) is 5. The van der Waals surface area contributed by atoms with Gasteiger partial charge in [0, 0.05) is 25.5 Å². The molecule has 1 aliphatic carbocycles. The number of rotatable bonds is 5. The van der Waals surface area contributed by atoms with Crippen LogP contribution in [0.4, 0.5) is 27.8 Å². The maximum absolute atomic E-state index is 12.8. The Labute approximate surface area is 238 Å². The van der Waals surface area contributed by atoms with Crippen molar-refractivity contribution in [1.82, 2.24) is 15.1 Å². The molecule has 0 unspecified atom stereocenters. The van der Waals surface area contributed by atoms with Crippen LogP contribution < -0.4 is 20.9 Å². The SMILES string of the molecule is C1CCC1.C=C1C(Nc2cc(N(C)C(=O)OC(C)(C)C)c3noc(C(=O)OC)c3n2)=CC=CN1c1ncccc1N. The quantitative estimate of drug-likeness (QED) is 0.366. The molecule has 3 N–H and O–H groups in total. The second kappa shape index (κ2) is 12.1. The number of nitrogens with one attached hydrogen (secondary N) is 1. The summed E-state index contributed by atoms with van der Waals surface area (Å²) in [6, 6.07) is 5.06. The van der Waals surface area contributed by atoms with Crippen molar-refractivity contribution in [2.75, 3.05) is 35.0 Å². The number of hydrogen-bond acceptors (Lipinski definition) is 11. The van der Waals surface area contributed by atoms with Crippen molar-refractivity contribution in [2.45, 2.75) is 52.1 Å². The van der Waals surface area contributed by atoms with E-state index in [0.717, 1.165) is 0 Å². The average molecular weight is 562 g/mol. The number of amides is 1. The number of aromatic nitrogens is 3. The molecular weight excluding hydrogens is 526 g/mol. The molecule has 1 aliphatic heterocycles. The van der Waals surface area contributed by atoms with Crippen molar-refractivity contribution in [3.05, 3.63) is 66.5 Å². The number of carbonyl (C=O) groups is 2. The Kier molecular flexibility index (Phi) is 8.60. The largest absolute Gasteiger partial charge is 0.463 e. The highest BCUT2D eigenvalue weighted by atomic mass is 16.6. The van der Waals surface area contributed by atoms with Crippen LogP contribution in [-0.2, 0) is 9.47 Å². The molecule has 3 aromatic heterocycles. The first-order valence-electron chi connectivity index (χ1n) is 13.2. The molecule has 0 radical (unpaired) electrons. The second-order valence-corrected chi connectivity index (χ2v) is 10.5. The highest BCUT2D eigenvalue weighted by Gasteiger charge is 2.28. The van der Waals surface area contributed by atoms with E-state index in [1.165, 1.54) is 44.7 Å². The summed E-state index contributed by atoms with van der Waals surface area (Å²) in [5.41, 5.74) is 7.53. The van der Waals surface area contributed by atoms with Gasteiger partial charge < -0.3 is 25.0 Å². The summed E-state index contributed by atoms with van der Waals surface area (Å²) in [6.07, 6.45) is 12.4. The Morgan fingerprint density at radius 3 is 2.51 bits per heavy atom. The maximum Gasteiger partial charge on any atom is 0.414 e. The van der Waals surface area contributed by atoms with Gasteiger partial charge in [0.25, 0.3) is 5.76 Å². The Morgan fingerprint density at radius 2 is 1.90 bits per heavy atom. The van der Waals surface area contributed by atoms with E-state index >= 15 is 0 Å². The number of pyridine rings is 2. The standard InChI is InChI=1S/C25H27N7O5.C4H8/c1-14-16(10-8-12-32(14)22-15(26)9-7-11-27-22)28-18-13-17(31(5)24(34)36-25(2,3)4)19-20(29-18)21(37-30-19)23(33)35-6;1-2-4-3-1/h7-13H,1,26H2,2-6H3,(H,28,29);1-4H2. The smallest absolute Gasteiger partial charge is 0.414 e. The molecule has 41 heavy (non-hydrogen) atoms. The molecule has 0 aromatic carbocycles. The number of nitrogens with two attached hydrogens (primary N) is 1. The van der Waals surface area contributed by atoms with Crippen molar-refractivity contribution >= 4 is 46.1 Å². The first kappa shape index (κ1) is 29.1. The fourth-order valence-electron chi connectivity index (χ4n) is 3.73. The van der Waals surface area contributed by atoms with Gasteiger partial charge in [-0.3, -0.25) is 9.80 Å². The topological polar surface area (TPSA) is 149 Å². The van der Waals surface area contributed by atoms with Gasteiger partial charge in [-0.2, -0.15) is 0 Å². The van der Waals surface area contributed by atoms with Gasteiger partial charge in [0.15, 0.2) is 11.3 Å². The Bertz CT molecular complexity index is 1510. The summed E-state index contributed by atoms with van der Waals surface area (Å²) in [5.74, 6) is -0.182. The van der Waals surface area contributed by atoms with Crippen molar-refractivity contribution in [3.8, 4) is 0 Å². The number of anilines is 4. The zero-order chi connectivity index (χ0) is 29.7. The third kappa shape index (κ3) is 6.65. The fraction of sp³-hybridized carbons (Fsp3) is 0.345. The van der Waals surface area contributed by atoms with E-state index in [4.69, 9.17) is 19.7 Å². The average Bonchev–Trinajstić information content (AvgIpc) is 3.31. The molecule has 1 amide bonds. The molecule has 1 saturated carbocycles. The van der Waals surface area contributed by atoms with Crippen LogP contribution in [-0.4, -0.2) is 46.9 Å². The number of nitrogen functional groups attached to an aromatic ring is 1. The number of esters is 1. The molecule has 12 nitrogen and oxygen atoms in total. The van der Waals surface area contributed by atoms with Gasteiger partial charge in [-0.25, -0.2) is 19.6 Å². The number of hydrogen-bond donors (Lipinski definition) is 2. The minimum absolute atomic E-state index is 0.102. The van der Waals surface area contributed by atoms with E-state index in [1.807, 2.05) is 0 Å². The van der Waals surface area contributed by atoms with Crippen LogP contribution in [0.25, 0.3) is 11.0 Å². The highest BCUT2D eigenvalue weighted by molar-refractivity contribution is 6.06. The molecule has 216 valence electrons. The summed E-state index contributed by atoms with van der Waals surface area (Å²) in [4.78, 5) is 37.0. The van der Waals surface area contributed by atoms with Crippen molar-refractivity contribution in [2.24, 2.45) is 0 Å². The number of carbonyl (C=O) groups excluding carboxylic acids is 2. The lowest BCUT2D eigenvalue weighted by molar-refractivity contribution is 0.0554. The van der Waals surface area contributed by atoms with Gasteiger partial charge >= 0.3 is 12.1 Å². The molecule has 12 heteroatoms. The van der Waals surface area contributed by atoms with E-state index < -0.39 is 17.7 Å². The summed E-state index contributed by atoms with van der Waals surface area (Å²) in [7, 11) is 2.74. The van der Waals surface area contributed by atoms with Gasteiger partial charge in [0.1, 0.15) is 16.9 Å². The normalized spacial score (nSPS) is 14.4. The van der Waals surface area contributed by atoms with Crippen LogP contribution in [0.1, 0.15) is 57.0 Å². The van der Waals surface area contributed by atoms with Crippen LogP contribution in [0.2, 0.25) is 0 Å². The van der Waals surface area contributed by atoms with Crippen molar-refractivity contribution < 1.29 is 23.6 Å². The highest BCUT2D eigenvalue weighted by Crippen LogP contribution is 2.33. The van der Waals surface area contributed by atoms with Gasteiger partial charge in [-0.1, -0.05) is 37.4 Å². The Balaban J connectivity index is 0.000000890. The summed E-state index contributed by atoms with van der Waals surface area (Å²) in [6.45, 7) is 9.43. The molecule has 1 fully saturated rings. The maximum atomic E-state index is 12.8. The minimum atomic E-state index is -0.765. The summed E-state index contributed by atoms with van der Waals surface area (Å²) in [5, 5.41) is 7.15. The number of fused-ring (bicyclic) bond motifs is 1. The first-order valence-corrected chi connectivity index (χ1v) is 13.2. The summed E-state index contributed by atoms with van der Waals surface area (Å²) < 4.78 is 15.5. The fourth-order valence-corrected chi connectivity index (χ4v) is 3.73. The third-order valence-corrected chi connectivity index (χ3v) is 6.22. The predicted octanol–water partition coefficient (Wildman–Crippen LogP) is 5.76.